The summed E-state index contributed by atoms with van der Waals surface area (Å²) in [5, 5.41) is 8.72. The van der Waals surface area contributed by atoms with E-state index in [1.165, 1.54) is 24.3 Å². The molecule has 0 atom stereocenters. The second-order valence-corrected chi connectivity index (χ2v) is 19.4. The van der Waals surface area contributed by atoms with Crippen LogP contribution in [0.5, 0.6) is 0 Å². The molecule has 4 aromatic heterocycles. The van der Waals surface area contributed by atoms with Crippen molar-refractivity contribution in [3.05, 3.63) is 163 Å². The summed E-state index contributed by atoms with van der Waals surface area (Å²) in [6, 6.07) is 21.8. The second kappa shape index (κ2) is 22.7. The number of amides is 2. The number of likely N-dealkylation sites (N-methyl/N-ethyl adjacent to an activating group) is 1. The number of rotatable bonds is 15. The van der Waals surface area contributed by atoms with Crippen LogP contribution < -0.4 is 27.1 Å². The molecule has 8 aromatic rings. The number of hydrogen-bond acceptors (Lipinski definition) is 12. The van der Waals surface area contributed by atoms with Crippen molar-refractivity contribution in [3.63, 3.8) is 0 Å². The summed E-state index contributed by atoms with van der Waals surface area (Å²) in [6.07, 6.45) is 2.42. The number of hydrogen-bond donors (Lipinski definition) is 3. The van der Waals surface area contributed by atoms with Gasteiger partial charge in [0.05, 0.1) is 11.4 Å². The summed E-state index contributed by atoms with van der Waals surface area (Å²) in [5.74, 6) is -4.22. The van der Waals surface area contributed by atoms with E-state index in [1.54, 1.807) is 37.3 Å². The number of benzene rings is 4. The maximum atomic E-state index is 14.9. The topological polar surface area (TPSA) is 203 Å². The Labute approximate surface area is 423 Å². The minimum Gasteiger partial charge on any atom is -0.353 e. The Balaban J connectivity index is 0.000000217. The lowest BCUT2D eigenvalue weighted by molar-refractivity contribution is 0.0945. The van der Waals surface area contributed by atoms with Crippen molar-refractivity contribution in [2.24, 2.45) is 0 Å². The van der Waals surface area contributed by atoms with Crippen LogP contribution in [0.3, 0.4) is 0 Å². The Kier molecular flexibility index (Phi) is 16.5. The van der Waals surface area contributed by atoms with Gasteiger partial charge in [-0.1, -0.05) is 38.1 Å². The van der Waals surface area contributed by atoms with E-state index in [2.05, 4.69) is 30.9 Å². The molecule has 3 N–H and O–H groups in total. The van der Waals surface area contributed by atoms with Crippen molar-refractivity contribution in [2.75, 3.05) is 51.8 Å². The standard InChI is InChI=1S/C28H30F2N6O2.C25H22F2N4O4S/c1-5-13-31-27(38)18-10-9-17(2)20(16-18)24-19-11-12-23(37)36(25-21(29)7-6-8-22(25)30)26(19)34-28(33-24)32-14-15-35(3)4;1-4-12-28-24(33)15-9-8-14(2)17(13-15)21-16-10-11-20(32)31(22-18(26)6-5-7-19(22)27)23(16)30-25(29-21)36(3,34)35/h6-12,16H,5,13-15H2,1-4H3,(H,31,38)(H,32,33,34);5-11,13H,4,12H2,1-3H3,(H,28,33). The third-order valence-electron chi connectivity index (χ3n) is 11.6. The van der Waals surface area contributed by atoms with Crippen molar-refractivity contribution in [2.45, 2.75) is 45.7 Å². The molecule has 2 amide bonds. The quantitative estimate of drug-likeness (QED) is 0.0667. The Bertz CT molecular complexity index is 3680. The molecular weight excluding hydrogens is 981 g/mol. The molecule has 16 nitrogen and oxygen atoms in total. The van der Waals surface area contributed by atoms with E-state index in [9.17, 15) is 45.2 Å². The summed E-state index contributed by atoms with van der Waals surface area (Å²) in [7, 11) is -0.168. The summed E-state index contributed by atoms with van der Waals surface area (Å²) in [4.78, 5) is 70.6. The van der Waals surface area contributed by atoms with Crippen LogP contribution >= 0.6 is 0 Å². The van der Waals surface area contributed by atoms with E-state index < -0.39 is 60.8 Å². The molecule has 0 bridgehead atoms. The first-order valence-corrected chi connectivity index (χ1v) is 25.3. The van der Waals surface area contributed by atoms with Gasteiger partial charge in [-0.2, -0.15) is 9.97 Å². The molecule has 0 fully saturated rings. The van der Waals surface area contributed by atoms with Crippen LogP contribution in [0.2, 0.25) is 0 Å². The van der Waals surface area contributed by atoms with Crippen LogP contribution in [-0.2, 0) is 9.84 Å². The predicted octanol–water partition coefficient (Wildman–Crippen LogP) is 7.73. The average molecular weight is 1030 g/mol. The van der Waals surface area contributed by atoms with Crippen LogP contribution in [-0.4, -0.2) is 101 Å². The molecule has 384 valence electrons. The van der Waals surface area contributed by atoms with Gasteiger partial charge in [0.25, 0.3) is 22.9 Å². The van der Waals surface area contributed by atoms with Crippen molar-refractivity contribution in [3.8, 4) is 33.9 Å². The molecule has 0 saturated heterocycles. The average Bonchev–Trinajstić information content (AvgIpc) is 3.35. The lowest BCUT2D eigenvalue weighted by Gasteiger charge is -2.17. The molecule has 0 aliphatic rings. The SMILES string of the molecule is CCCNC(=O)c1ccc(C)c(-c2nc(NCCN(C)C)nc3c2ccc(=O)n3-c2c(F)cccc2F)c1.CCCNC(=O)c1ccc(C)c(-c2nc(S(C)(=O)=O)nc3c2ccc(=O)n3-c2c(F)cccc2F)c1. The van der Waals surface area contributed by atoms with Gasteiger partial charge in [-0.15, -0.1) is 0 Å². The molecule has 4 heterocycles. The van der Waals surface area contributed by atoms with Gasteiger partial charge in [0.2, 0.25) is 20.9 Å². The van der Waals surface area contributed by atoms with E-state index in [-0.39, 0.29) is 40.1 Å². The highest BCUT2D eigenvalue weighted by Crippen LogP contribution is 2.34. The van der Waals surface area contributed by atoms with Gasteiger partial charge in [0.15, 0.2) is 11.3 Å². The molecule has 0 unspecified atom stereocenters. The number of carbonyl (C=O) groups is 2. The Morgan fingerprint density at radius 1 is 0.595 bits per heavy atom. The zero-order valence-corrected chi connectivity index (χ0v) is 42.3. The third kappa shape index (κ3) is 11.5. The highest BCUT2D eigenvalue weighted by atomic mass is 32.2. The molecule has 0 aliphatic carbocycles. The van der Waals surface area contributed by atoms with E-state index >= 15 is 0 Å². The molecule has 0 spiro atoms. The number of aromatic nitrogens is 6. The van der Waals surface area contributed by atoms with Crippen LogP contribution in [0.4, 0.5) is 23.5 Å². The van der Waals surface area contributed by atoms with Gasteiger partial charge in [-0.3, -0.25) is 28.3 Å². The molecule has 8 rings (SSSR count). The van der Waals surface area contributed by atoms with E-state index in [4.69, 9.17) is 4.98 Å². The number of anilines is 1. The first kappa shape index (κ1) is 53.6. The zero-order chi connectivity index (χ0) is 53.6. The largest absolute Gasteiger partial charge is 0.353 e. The molecule has 74 heavy (non-hydrogen) atoms. The summed E-state index contributed by atoms with van der Waals surface area (Å²) in [5.41, 5.74) is 0.856. The van der Waals surface area contributed by atoms with Crippen LogP contribution in [0.25, 0.3) is 56.0 Å². The normalized spacial score (nSPS) is 11.4. The minimum atomic E-state index is -4.01. The number of carbonyl (C=O) groups excluding carboxylic acids is 2. The first-order chi connectivity index (χ1) is 35.2. The molecular formula is C53H52F4N10O6S. The van der Waals surface area contributed by atoms with Crippen molar-refractivity contribution in [1.29, 1.82) is 0 Å². The van der Waals surface area contributed by atoms with Crippen molar-refractivity contribution >= 4 is 49.7 Å². The molecule has 0 radical (unpaired) electrons. The third-order valence-corrected chi connectivity index (χ3v) is 12.4. The number of halogens is 4. The van der Waals surface area contributed by atoms with Gasteiger partial charge >= 0.3 is 0 Å². The highest BCUT2D eigenvalue weighted by molar-refractivity contribution is 7.90. The van der Waals surface area contributed by atoms with Gasteiger partial charge in [0, 0.05) is 77.6 Å². The van der Waals surface area contributed by atoms with E-state index in [0.29, 0.717) is 69.6 Å². The lowest BCUT2D eigenvalue weighted by atomic mass is 9.99. The fraction of sp³-hybridized carbons (Fsp3) is 0.245. The maximum Gasteiger partial charge on any atom is 0.256 e. The van der Waals surface area contributed by atoms with Gasteiger partial charge in [-0.05, 0) is 113 Å². The fourth-order valence-electron chi connectivity index (χ4n) is 7.81. The first-order valence-electron chi connectivity index (χ1n) is 23.4. The minimum absolute atomic E-state index is 0.0408. The number of pyridine rings is 2. The monoisotopic (exact) mass is 1030 g/mol. The lowest BCUT2D eigenvalue weighted by Crippen LogP contribution is -2.24. The smallest absolute Gasteiger partial charge is 0.256 e. The molecule has 0 aliphatic heterocycles. The number of sulfone groups is 1. The molecule has 21 heteroatoms. The Morgan fingerprint density at radius 2 is 1.03 bits per heavy atom. The summed E-state index contributed by atoms with van der Waals surface area (Å²) >= 11 is 0. The second-order valence-electron chi connectivity index (χ2n) is 17.5. The van der Waals surface area contributed by atoms with Crippen LogP contribution in [0, 0.1) is 37.1 Å². The van der Waals surface area contributed by atoms with Gasteiger partial charge in [-0.25, -0.2) is 35.9 Å². The molecule has 4 aromatic carbocycles. The predicted molar refractivity (Wildman–Crippen MR) is 276 cm³/mol. The Hall–Kier alpha value is -8.17. The van der Waals surface area contributed by atoms with E-state index in [0.717, 1.165) is 65.6 Å². The number of nitrogens with one attached hydrogen (secondary N) is 3. The fourth-order valence-corrected chi connectivity index (χ4v) is 8.32. The number of para-hydroxylation sites is 2. The number of fused-ring (bicyclic) bond motifs is 2. The Morgan fingerprint density at radius 3 is 1.45 bits per heavy atom. The van der Waals surface area contributed by atoms with Crippen molar-refractivity contribution < 1.29 is 35.6 Å². The van der Waals surface area contributed by atoms with E-state index in [1.807, 2.05) is 45.8 Å². The van der Waals surface area contributed by atoms with Gasteiger partial charge < -0.3 is 20.9 Å². The van der Waals surface area contributed by atoms with Gasteiger partial charge in [0.1, 0.15) is 34.6 Å². The highest BCUT2D eigenvalue weighted by Gasteiger charge is 2.25. The number of aryl methyl sites for hydroxylation is 2. The zero-order valence-electron chi connectivity index (χ0n) is 41.5. The number of nitrogens with zero attached hydrogens (tertiary/aromatic N) is 7. The maximum absolute atomic E-state index is 14.9. The summed E-state index contributed by atoms with van der Waals surface area (Å²) in [6.45, 7) is 9.67. The van der Waals surface area contributed by atoms with Crippen molar-refractivity contribution in [1.82, 2.24) is 44.6 Å². The van der Waals surface area contributed by atoms with Crippen LogP contribution in [0.15, 0.2) is 112 Å². The molecule has 0 saturated carbocycles. The van der Waals surface area contributed by atoms with Crippen LogP contribution in [0.1, 0.15) is 58.5 Å². The summed E-state index contributed by atoms with van der Waals surface area (Å²) < 4.78 is 85.7.